The monoisotopic (exact) mass is 211 g/mol. The fourth-order valence-electron chi connectivity index (χ4n) is 1.90. The highest BCUT2D eigenvalue weighted by Crippen LogP contribution is 2.18. The molecule has 0 saturated carbocycles. The summed E-state index contributed by atoms with van der Waals surface area (Å²) in [5, 5.41) is 12.0. The van der Waals surface area contributed by atoms with E-state index in [-0.39, 0.29) is 24.5 Å². The molecule has 0 heterocycles. The quantitative estimate of drug-likeness (QED) is 0.677. The molecule has 0 aliphatic heterocycles. The van der Waals surface area contributed by atoms with Crippen molar-refractivity contribution in [3.05, 3.63) is 12.2 Å². The van der Waals surface area contributed by atoms with Crippen LogP contribution in [-0.2, 0) is 4.79 Å². The van der Waals surface area contributed by atoms with Crippen LogP contribution in [0, 0.1) is 11.8 Å². The molecule has 0 spiro atoms. The van der Waals surface area contributed by atoms with Crippen LogP contribution >= 0.6 is 0 Å². The van der Waals surface area contributed by atoms with Crippen LogP contribution in [0.5, 0.6) is 0 Å². The molecule has 1 aliphatic rings. The van der Waals surface area contributed by atoms with Gasteiger partial charge in [0, 0.05) is 5.92 Å². The molecule has 0 saturated heterocycles. The predicted molar refractivity (Wildman–Crippen MR) is 60.3 cm³/mol. The highest BCUT2D eigenvalue weighted by atomic mass is 16.3. The summed E-state index contributed by atoms with van der Waals surface area (Å²) in [7, 11) is 0. The standard InChI is InChI=1S/C12H21NO2/c1-9(2)7-11(8-14)13-12(15)10-5-3-4-6-10/h3-4,9-11,14H,5-8H2,1-2H3,(H,13,15). The van der Waals surface area contributed by atoms with Gasteiger partial charge in [0.25, 0.3) is 0 Å². The molecule has 1 amide bonds. The summed E-state index contributed by atoms with van der Waals surface area (Å²) < 4.78 is 0. The molecule has 3 nitrogen and oxygen atoms in total. The van der Waals surface area contributed by atoms with Crippen molar-refractivity contribution >= 4 is 5.91 Å². The largest absolute Gasteiger partial charge is 0.394 e. The Morgan fingerprint density at radius 1 is 1.47 bits per heavy atom. The zero-order valence-electron chi connectivity index (χ0n) is 9.57. The summed E-state index contributed by atoms with van der Waals surface area (Å²) in [6.07, 6.45) is 6.60. The van der Waals surface area contributed by atoms with E-state index < -0.39 is 0 Å². The Kier molecular flexibility index (Phi) is 4.82. The summed E-state index contributed by atoms with van der Waals surface area (Å²) in [5.74, 6) is 0.662. The van der Waals surface area contributed by atoms with Gasteiger partial charge in [-0.15, -0.1) is 0 Å². The predicted octanol–water partition coefficient (Wildman–Crippen LogP) is 1.48. The van der Waals surface area contributed by atoms with E-state index >= 15 is 0 Å². The number of carbonyl (C=O) groups excluding carboxylic acids is 1. The molecule has 1 aliphatic carbocycles. The molecule has 2 N–H and O–H groups in total. The number of rotatable bonds is 5. The van der Waals surface area contributed by atoms with Crippen molar-refractivity contribution in [1.29, 1.82) is 0 Å². The lowest BCUT2D eigenvalue weighted by molar-refractivity contribution is -0.125. The van der Waals surface area contributed by atoms with Crippen LogP contribution in [0.3, 0.4) is 0 Å². The number of allylic oxidation sites excluding steroid dienone is 2. The lowest BCUT2D eigenvalue weighted by atomic mass is 10.0. The van der Waals surface area contributed by atoms with Crippen LogP contribution in [0.2, 0.25) is 0 Å². The maximum Gasteiger partial charge on any atom is 0.224 e. The maximum atomic E-state index is 11.7. The second kappa shape index (κ2) is 5.91. The van der Waals surface area contributed by atoms with Gasteiger partial charge in [0.05, 0.1) is 12.6 Å². The van der Waals surface area contributed by atoms with E-state index in [2.05, 4.69) is 19.2 Å². The number of amides is 1. The fourth-order valence-corrected chi connectivity index (χ4v) is 1.90. The molecule has 0 aromatic rings. The van der Waals surface area contributed by atoms with Gasteiger partial charge >= 0.3 is 0 Å². The summed E-state index contributed by atoms with van der Waals surface area (Å²) >= 11 is 0. The number of aliphatic hydroxyl groups is 1. The number of nitrogens with one attached hydrogen (secondary N) is 1. The van der Waals surface area contributed by atoms with Gasteiger partial charge in [-0.1, -0.05) is 26.0 Å². The SMILES string of the molecule is CC(C)CC(CO)NC(=O)C1CC=CC1. The Morgan fingerprint density at radius 2 is 2.07 bits per heavy atom. The molecule has 0 bridgehead atoms. The van der Waals surface area contributed by atoms with Crippen molar-refractivity contribution in [3.63, 3.8) is 0 Å². The van der Waals surface area contributed by atoms with Crippen LogP contribution in [0.4, 0.5) is 0 Å². The lowest BCUT2D eigenvalue weighted by Gasteiger charge is -2.20. The minimum atomic E-state index is -0.0851. The summed E-state index contributed by atoms with van der Waals surface area (Å²) in [4.78, 5) is 11.7. The number of hydrogen-bond donors (Lipinski definition) is 2. The third-order valence-corrected chi connectivity index (χ3v) is 2.70. The highest BCUT2D eigenvalue weighted by Gasteiger charge is 2.21. The van der Waals surface area contributed by atoms with E-state index in [0.717, 1.165) is 19.3 Å². The second-order valence-corrected chi connectivity index (χ2v) is 4.66. The van der Waals surface area contributed by atoms with Gasteiger partial charge in [0.1, 0.15) is 0 Å². The third kappa shape index (κ3) is 4.04. The van der Waals surface area contributed by atoms with E-state index in [0.29, 0.717) is 5.92 Å². The summed E-state index contributed by atoms with van der Waals surface area (Å²) in [5.41, 5.74) is 0. The minimum absolute atomic E-state index is 0.0318. The molecule has 86 valence electrons. The van der Waals surface area contributed by atoms with E-state index in [1.54, 1.807) is 0 Å². The number of hydrogen-bond acceptors (Lipinski definition) is 2. The first-order valence-corrected chi connectivity index (χ1v) is 5.69. The lowest BCUT2D eigenvalue weighted by Crippen LogP contribution is -2.41. The van der Waals surface area contributed by atoms with Gasteiger partial charge < -0.3 is 10.4 Å². The van der Waals surface area contributed by atoms with Crippen molar-refractivity contribution in [1.82, 2.24) is 5.32 Å². The normalized spacial score (nSPS) is 18.4. The molecule has 3 heteroatoms. The van der Waals surface area contributed by atoms with Crippen LogP contribution in [-0.4, -0.2) is 23.7 Å². The van der Waals surface area contributed by atoms with Crippen molar-refractivity contribution in [2.75, 3.05) is 6.61 Å². The van der Waals surface area contributed by atoms with Crippen molar-refractivity contribution < 1.29 is 9.90 Å². The summed E-state index contributed by atoms with van der Waals surface area (Å²) in [6, 6.07) is -0.0851. The van der Waals surface area contributed by atoms with Gasteiger partial charge in [0.15, 0.2) is 0 Å². The van der Waals surface area contributed by atoms with Crippen LogP contribution in [0.25, 0.3) is 0 Å². The van der Waals surface area contributed by atoms with Crippen molar-refractivity contribution in [2.45, 2.75) is 39.2 Å². The molecule has 1 atom stereocenters. The van der Waals surface area contributed by atoms with E-state index in [1.165, 1.54) is 0 Å². The van der Waals surface area contributed by atoms with Gasteiger partial charge in [-0.3, -0.25) is 4.79 Å². The highest BCUT2D eigenvalue weighted by molar-refractivity contribution is 5.79. The van der Waals surface area contributed by atoms with Gasteiger partial charge in [-0.2, -0.15) is 0 Å². The number of aliphatic hydroxyl groups excluding tert-OH is 1. The van der Waals surface area contributed by atoms with Gasteiger partial charge in [-0.05, 0) is 25.2 Å². The second-order valence-electron chi connectivity index (χ2n) is 4.66. The smallest absolute Gasteiger partial charge is 0.224 e. The van der Waals surface area contributed by atoms with Crippen LogP contribution in [0.1, 0.15) is 33.1 Å². The number of carbonyl (C=O) groups is 1. The minimum Gasteiger partial charge on any atom is -0.394 e. The first kappa shape index (κ1) is 12.2. The van der Waals surface area contributed by atoms with Gasteiger partial charge in [0.2, 0.25) is 5.91 Å². The molecule has 1 unspecified atom stereocenters. The summed E-state index contributed by atoms with van der Waals surface area (Å²) in [6.45, 7) is 4.21. The van der Waals surface area contributed by atoms with Crippen LogP contribution in [0.15, 0.2) is 12.2 Å². The molecule has 0 aromatic carbocycles. The fraction of sp³-hybridized carbons (Fsp3) is 0.750. The Morgan fingerprint density at radius 3 is 2.53 bits per heavy atom. The molecule has 0 aromatic heterocycles. The molecule has 1 rings (SSSR count). The third-order valence-electron chi connectivity index (χ3n) is 2.70. The zero-order valence-corrected chi connectivity index (χ0v) is 9.57. The first-order valence-electron chi connectivity index (χ1n) is 5.69. The molecule has 0 radical (unpaired) electrons. The maximum absolute atomic E-state index is 11.7. The Labute approximate surface area is 91.6 Å². The molecular formula is C12H21NO2. The molecule has 15 heavy (non-hydrogen) atoms. The Hall–Kier alpha value is -0.830. The van der Waals surface area contributed by atoms with Crippen LogP contribution < -0.4 is 5.32 Å². The van der Waals surface area contributed by atoms with E-state index in [4.69, 9.17) is 5.11 Å². The average Bonchev–Trinajstić information content (AvgIpc) is 2.68. The van der Waals surface area contributed by atoms with E-state index in [9.17, 15) is 4.79 Å². The topological polar surface area (TPSA) is 49.3 Å². The van der Waals surface area contributed by atoms with E-state index in [1.807, 2.05) is 12.2 Å². The Balaban J connectivity index is 2.34. The van der Waals surface area contributed by atoms with Gasteiger partial charge in [-0.25, -0.2) is 0 Å². The molecular weight excluding hydrogens is 190 g/mol. The Bertz CT molecular complexity index is 228. The van der Waals surface area contributed by atoms with Crippen molar-refractivity contribution in [2.24, 2.45) is 11.8 Å². The molecule has 0 fully saturated rings. The average molecular weight is 211 g/mol. The van der Waals surface area contributed by atoms with Crippen molar-refractivity contribution in [3.8, 4) is 0 Å². The zero-order chi connectivity index (χ0) is 11.3. The first-order chi connectivity index (χ1) is 7.13.